The molecule has 4 atom stereocenters. The molecule has 2 saturated heterocycles. The number of para-hydroxylation sites is 1. The summed E-state index contributed by atoms with van der Waals surface area (Å²) < 4.78 is 1.23. The molecule has 0 radical (unpaired) electrons. The molecule has 1 aromatic carbocycles. The molecule has 3 heterocycles. The van der Waals surface area contributed by atoms with E-state index in [0.29, 0.717) is 12.0 Å². The van der Waals surface area contributed by atoms with Crippen molar-refractivity contribution < 1.29 is 9.28 Å². The van der Waals surface area contributed by atoms with Crippen LogP contribution in [0.15, 0.2) is 47.2 Å². The minimum atomic E-state index is 0.0380. The van der Waals surface area contributed by atoms with Crippen molar-refractivity contribution in [2.75, 3.05) is 25.0 Å². The van der Waals surface area contributed by atoms with Crippen LogP contribution in [0.4, 0.5) is 5.69 Å². The first-order chi connectivity index (χ1) is 12.7. The van der Waals surface area contributed by atoms with E-state index in [9.17, 15) is 4.79 Å². The Bertz CT molecular complexity index is 838. The zero-order chi connectivity index (χ0) is 17.9. The number of anilines is 1. The van der Waals surface area contributed by atoms with Gasteiger partial charge in [-0.1, -0.05) is 37.6 Å². The summed E-state index contributed by atoms with van der Waals surface area (Å²) >= 11 is 0. The molecule has 1 spiro atoms. The summed E-state index contributed by atoms with van der Waals surface area (Å²) in [4.78, 5) is 12.2. The summed E-state index contributed by atoms with van der Waals surface area (Å²) in [5.74, 6) is 0.318. The monoisotopic (exact) mass is 349 g/mol. The number of fused-ring (bicyclic) bond motifs is 2. The number of benzene rings is 1. The summed E-state index contributed by atoms with van der Waals surface area (Å²) in [6, 6.07) is 9.39. The molecule has 3 nitrogen and oxygen atoms in total. The van der Waals surface area contributed by atoms with Gasteiger partial charge in [0.05, 0.1) is 18.5 Å². The number of hydrogen-bond donors (Lipinski definition) is 1. The van der Waals surface area contributed by atoms with Crippen molar-refractivity contribution in [3.05, 3.63) is 52.7 Å². The van der Waals surface area contributed by atoms with Crippen molar-refractivity contribution in [2.45, 2.75) is 51.0 Å². The summed E-state index contributed by atoms with van der Waals surface area (Å²) in [5.41, 5.74) is 6.47. The number of nitrogens with one attached hydrogen (secondary N) is 1. The van der Waals surface area contributed by atoms with Crippen LogP contribution in [0.2, 0.25) is 0 Å². The van der Waals surface area contributed by atoms with Crippen LogP contribution < -0.4 is 5.32 Å². The lowest BCUT2D eigenvalue weighted by molar-refractivity contribution is -0.941. The van der Waals surface area contributed by atoms with Crippen LogP contribution in [0, 0.1) is 5.92 Å². The van der Waals surface area contributed by atoms with Gasteiger partial charge in [-0.2, -0.15) is 0 Å². The molecule has 5 rings (SSSR count). The molecule has 2 bridgehead atoms. The SMILES string of the molecule is C/C=C1/C[N@+]2(CCCC)CC[C@]34C(=C(C=O)[C@H]1C[C@@H]32)Nc1ccccc14. The highest BCUT2D eigenvalue weighted by Crippen LogP contribution is 2.63. The van der Waals surface area contributed by atoms with E-state index >= 15 is 0 Å². The maximum Gasteiger partial charge on any atom is 0.148 e. The van der Waals surface area contributed by atoms with Crippen molar-refractivity contribution in [2.24, 2.45) is 5.92 Å². The fourth-order valence-electron chi connectivity index (χ4n) is 6.70. The van der Waals surface area contributed by atoms with E-state index < -0.39 is 0 Å². The van der Waals surface area contributed by atoms with Crippen molar-refractivity contribution in [3.8, 4) is 0 Å². The topological polar surface area (TPSA) is 29.1 Å². The van der Waals surface area contributed by atoms with Crippen LogP contribution in [0.3, 0.4) is 0 Å². The second-order valence-electron chi connectivity index (χ2n) is 8.69. The number of aldehydes is 1. The van der Waals surface area contributed by atoms with E-state index in [-0.39, 0.29) is 5.41 Å². The Morgan fingerprint density at radius 2 is 2.19 bits per heavy atom. The van der Waals surface area contributed by atoms with Gasteiger partial charge in [0.1, 0.15) is 18.9 Å². The van der Waals surface area contributed by atoms with E-state index in [1.807, 2.05) is 0 Å². The molecule has 136 valence electrons. The third-order valence-corrected chi connectivity index (χ3v) is 7.82. The quantitative estimate of drug-likeness (QED) is 0.502. The van der Waals surface area contributed by atoms with Gasteiger partial charge in [0.2, 0.25) is 0 Å². The van der Waals surface area contributed by atoms with Crippen molar-refractivity contribution in [3.63, 3.8) is 0 Å². The Morgan fingerprint density at radius 3 is 2.96 bits per heavy atom. The molecule has 4 aliphatic rings. The molecular formula is C23H29N2O+. The lowest BCUT2D eigenvalue weighted by Crippen LogP contribution is -2.63. The molecular weight excluding hydrogens is 320 g/mol. The molecule has 1 N–H and O–H groups in total. The van der Waals surface area contributed by atoms with Gasteiger partial charge in [0.15, 0.2) is 0 Å². The zero-order valence-corrected chi connectivity index (χ0v) is 15.9. The summed E-state index contributed by atoms with van der Waals surface area (Å²) in [6.07, 6.45) is 8.31. The Balaban J connectivity index is 1.76. The van der Waals surface area contributed by atoms with Gasteiger partial charge in [0.25, 0.3) is 0 Å². The first-order valence-electron chi connectivity index (χ1n) is 10.3. The van der Waals surface area contributed by atoms with Gasteiger partial charge in [0, 0.05) is 35.7 Å². The van der Waals surface area contributed by atoms with Crippen LogP contribution in [-0.2, 0) is 10.2 Å². The maximum atomic E-state index is 12.2. The summed E-state index contributed by atoms with van der Waals surface area (Å²) in [5, 5.41) is 3.71. The molecule has 0 unspecified atom stereocenters. The Kier molecular flexibility index (Phi) is 3.49. The maximum absolute atomic E-state index is 12.2. The Hall–Kier alpha value is -1.87. The van der Waals surface area contributed by atoms with Gasteiger partial charge >= 0.3 is 0 Å². The van der Waals surface area contributed by atoms with Crippen LogP contribution >= 0.6 is 0 Å². The van der Waals surface area contributed by atoms with Gasteiger partial charge in [-0.3, -0.25) is 4.79 Å². The van der Waals surface area contributed by atoms with E-state index in [0.717, 1.165) is 24.8 Å². The fourth-order valence-corrected chi connectivity index (χ4v) is 6.70. The van der Waals surface area contributed by atoms with Gasteiger partial charge in [-0.15, -0.1) is 0 Å². The van der Waals surface area contributed by atoms with E-state index in [2.05, 4.69) is 49.5 Å². The largest absolute Gasteiger partial charge is 0.357 e. The molecule has 3 heteroatoms. The summed E-state index contributed by atoms with van der Waals surface area (Å²) in [7, 11) is 0. The third-order valence-electron chi connectivity index (χ3n) is 7.82. The number of piperidine rings is 1. The average molecular weight is 349 g/mol. The number of carbonyl (C=O) groups is 1. The molecule has 1 aromatic rings. The van der Waals surface area contributed by atoms with E-state index in [1.54, 1.807) is 0 Å². The highest BCUT2D eigenvalue weighted by Gasteiger charge is 2.68. The van der Waals surface area contributed by atoms with E-state index in [4.69, 9.17) is 0 Å². The second kappa shape index (κ2) is 5.56. The van der Waals surface area contributed by atoms with Gasteiger partial charge in [-0.05, 0) is 30.5 Å². The lowest BCUT2D eigenvalue weighted by Gasteiger charge is -2.53. The number of allylic oxidation sites excluding steroid dienone is 2. The first kappa shape index (κ1) is 16.3. The number of carbonyl (C=O) groups excluding carboxylic acids is 1. The first-order valence-corrected chi connectivity index (χ1v) is 10.3. The predicted octanol–water partition coefficient (Wildman–Crippen LogP) is 4.17. The molecule has 0 amide bonds. The van der Waals surface area contributed by atoms with Crippen molar-refractivity contribution >= 4 is 12.0 Å². The Morgan fingerprint density at radius 1 is 1.35 bits per heavy atom. The van der Waals surface area contributed by atoms with Crippen molar-refractivity contribution in [1.82, 2.24) is 0 Å². The normalized spacial score (nSPS) is 38.2. The summed E-state index contributed by atoms with van der Waals surface area (Å²) in [6.45, 7) is 8.12. The molecule has 2 fully saturated rings. The van der Waals surface area contributed by atoms with Gasteiger partial charge in [-0.25, -0.2) is 0 Å². The van der Waals surface area contributed by atoms with Crippen molar-refractivity contribution in [1.29, 1.82) is 0 Å². The number of quaternary nitrogens is 1. The van der Waals surface area contributed by atoms with Crippen LogP contribution in [-0.4, -0.2) is 36.4 Å². The molecule has 0 aromatic heterocycles. The van der Waals surface area contributed by atoms with Crippen LogP contribution in [0.1, 0.15) is 45.1 Å². The van der Waals surface area contributed by atoms with Crippen LogP contribution in [0.25, 0.3) is 0 Å². The lowest BCUT2D eigenvalue weighted by atomic mass is 9.61. The number of hydrogen-bond acceptors (Lipinski definition) is 2. The molecule has 0 saturated carbocycles. The Labute approximate surface area is 156 Å². The third kappa shape index (κ3) is 1.80. The number of nitrogens with zero attached hydrogens (tertiary/aromatic N) is 1. The highest BCUT2D eigenvalue weighted by atomic mass is 16.1. The molecule has 3 aliphatic heterocycles. The number of unbranched alkanes of at least 4 members (excludes halogenated alkanes) is 1. The minimum absolute atomic E-state index is 0.0380. The average Bonchev–Trinajstić information content (AvgIpc) is 3.20. The fraction of sp³-hybridized carbons (Fsp3) is 0.522. The van der Waals surface area contributed by atoms with Crippen LogP contribution in [0.5, 0.6) is 0 Å². The minimum Gasteiger partial charge on any atom is -0.357 e. The van der Waals surface area contributed by atoms with E-state index in [1.165, 1.54) is 59.4 Å². The second-order valence-corrected chi connectivity index (χ2v) is 8.69. The number of rotatable bonds is 4. The highest BCUT2D eigenvalue weighted by molar-refractivity contribution is 5.84. The molecule has 26 heavy (non-hydrogen) atoms. The standard InChI is InChI=1S/C23H28N2O/c1-3-5-11-25-12-10-23-19-8-6-7-9-20(19)24-22(23)18(15-26)17(13-21(23)25)16(4-2)14-25/h4,6-9,15,17,21H,3,5,10-14H2,1-2H3/p+1/b16-4-/t17-,21-,23+,25-/m0/s1. The van der Waals surface area contributed by atoms with Gasteiger partial charge < -0.3 is 9.80 Å². The smallest absolute Gasteiger partial charge is 0.148 e. The zero-order valence-electron chi connectivity index (χ0n) is 15.9. The molecule has 1 aliphatic carbocycles. The predicted molar refractivity (Wildman–Crippen MR) is 105 cm³/mol.